The summed E-state index contributed by atoms with van der Waals surface area (Å²) in [6, 6.07) is 4.01. The van der Waals surface area contributed by atoms with E-state index in [1.54, 1.807) is 7.11 Å². The Hall–Kier alpha value is -1.95. The number of nitrogens with one attached hydrogen (secondary N) is 1. The lowest BCUT2D eigenvalue weighted by atomic mass is 9.66. The molecule has 0 radical (unpaired) electrons. The second-order valence-electron chi connectivity index (χ2n) is 9.70. The first kappa shape index (κ1) is 21.3. The van der Waals surface area contributed by atoms with Gasteiger partial charge in [0.2, 0.25) is 11.7 Å². The summed E-state index contributed by atoms with van der Waals surface area (Å²) in [5, 5.41) is 3.39. The van der Waals surface area contributed by atoms with Crippen LogP contribution >= 0.6 is 0 Å². The highest BCUT2D eigenvalue weighted by molar-refractivity contribution is 5.78. The summed E-state index contributed by atoms with van der Waals surface area (Å²) in [6.07, 6.45) is 4.00. The molecular formula is C24H35NO5. The van der Waals surface area contributed by atoms with Crippen LogP contribution in [-0.2, 0) is 9.53 Å². The van der Waals surface area contributed by atoms with Crippen LogP contribution in [0.2, 0.25) is 0 Å². The number of carbonyl (C=O) groups excluding carboxylic acids is 1. The van der Waals surface area contributed by atoms with Crippen molar-refractivity contribution in [1.29, 1.82) is 0 Å². The summed E-state index contributed by atoms with van der Waals surface area (Å²) in [4.78, 5) is 12.7. The first-order valence-corrected chi connectivity index (χ1v) is 11.3. The molecule has 1 aromatic carbocycles. The smallest absolute Gasteiger partial charge is 0.222 e. The summed E-state index contributed by atoms with van der Waals surface area (Å²) in [5.41, 5.74) is 0.702. The lowest BCUT2D eigenvalue weighted by Crippen LogP contribution is -2.61. The van der Waals surface area contributed by atoms with Crippen molar-refractivity contribution in [3.8, 4) is 17.2 Å². The number of ether oxygens (including phenoxy) is 4. The van der Waals surface area contributed by atoms with Crippen molar-refractivity contribution in [2.24, 2.45) is 17.8 Å². The number of benzene rings is 1. The number of rotatable bonds is 4. The van der Waals surface area contributed by atoms with Crippen LogP contribution in [-0.4, -0.2) is 37.9 Å². The normalized spacial score (nSPS) is 33.0. The largest absolute Gasteiger partial charge is 0.493 e. The molecule has 3 aliphatic rings. The average molecular weight is 418 g/mol. The minimum absolute atomic E-state index is 0.0431. The van der Waals surface area contributed by atoms with Crippen molar-refractivity contribution in [2.45, 2.75) is 71.1 Å². The summed E-state index contributed by atoms with van der Waals surface area (Å²) in [6.45, 7) is 9.42. The van der Waals surface area contributed by atoms with Crippen LogP contribution in [0.1, 0.15) is 65.0 Å². The molecule has 5 atom stereocenters. The Morgan fingerprint density at radius 2 is 2.00 bits per heavy atom. The Morgan fingerprint density at radius 3 is 2.73 bits per heavy atom. The molecule has 6 heteroatoms. The number of amides is 1. The van der Waals surface area contributed by atoms with Crippen molar-refractivity contribution in [1.82, 2.24) is 5.32 Å². The van der Waals surface area contributed by atoms with E-state index in [0.717, 1.165) is 24.8 Å². The molecule has 1 amide bonds. The molecule has 0 spiro atoms. The second-order valence-corrected chi connectivity index (χ2v) is 9.70. The average Bonchev–Trinajstić information content (AvgIpc) is 2.72. The lowest BCUT2D eigenvalue weighted by molar-refractivity contribution is -0.155. The Balaban J connectivity index is 1.67. The third-order valence-electron chi connectivity index (χ3n) is 6.98. The zero-order valence-corrected chi connectivity index (χ0v) is 18.8. The van der Waals surface area contributed by atoms with E-state index >= 15 is 0 Å². The van der Waals surface area contributed by atoms with E-state index in [4.69, 9.17) is 18.9 Å². The van der Waals surface area contributed by atoms with Gasteiger partial charge in [0.15, 0.2) is 11.5 Å². The van der Waals surface area contributed by atoms with Gasteiger partial charge in [0.1, 0.15) is 13.2 Å². The van der Waals surface area contributed by atoms with E-state index in [2.05, 4.69) is 19.2 Å². The van der Waals surface area contributed by atoms with Gasteiger partial charge in [-0.15, -0.1) is 0 Å². The fourth-order valence-corrected chi connectivity index (χ4v) is 5.25. The highest BCUT2D eigenvalue weighted by atomic mass is 16.6. The number of carbonyl (C=O) groups is 1. The number of hydrogen-bond donors (Lipinski definition) is 1. The maximum absolute atomic E-state index is 12.7. The van der Waals surface area contributed by atoms with Crippen molar-refractivity contribution in [3.63, 3.8) is 0 Å². The Bertz CT molecular complexity index is 777. The van der Waals surface area contributed by atoms with E-state index in [0.29, 0.717) is 42.3 Å². The van der Waals surface area contributed by atoms with E-state index < -0.39 is 0 Å². The molecule has 6 nitrogen and oxygen atoms in total. The number of hydrogen-bond acceptors (Lipinski definition) is 5. The Labute approximate surface area is 179 Å². The standard InChI is InChI=1S/C24H35NO5/c1-14(2)23(26)25-24(4)13-21(30-18-10-15(3)6-7-17(18)24)16-11-19(27-5)22-20(12-16)28-8-9-29-22/h11-12,14-15,17-18,21H,6-10,13H2,1-5H3,(H,25,26)/t15-,17-,18-,21-,24-/m1/s1. The number of fused-ring (bicyclic) bond motifs is 2. The third kappa shape index (κ3) is 3.98. The fourth-order valence-electron chi connectivity index (χ4n) is 5.25. The van der Waals surface area contributed by atoms with Crippen LogP contribution in [0.15, 0.2) is 12.1 Å². The molecule has 1 saturated carbocycles. The molecule has 166 valence electrons. The van der Waals surface area contributed by atoms with Crippen molar-refractivity contribution in [3.05, 3.63) is 17.7 Å². The molecule has 0 unspecified atom stereocenters. The second kappa shape index (κ2) is 8.29. The van der Waals surface area contributed by atoms with Gasteiger partial charge >= 0.3 is 0 Å². The zero-order chi connectivity index (χ0) is 21.5. The van der Waals surface area contributed by atoms with E-state index in [1.165, 1.54) is 6.42 Å². The first-order chi connectivity index (χ1) is 14.3. The van der Waals surface area contributed by atoms with Gasteiger partial charge in [0, 0.05) is 23.8 Å². The van der Waals surface area contributed by atoms with Crippen LogP contribution in [0, 0.1) is 17.8 Å². The lowest BCUT2D eigenvalue weighted by Gasteiger charge is -2.52. The minimum atomic E-state index is -0.310. The van der Waals surface area contributed by atoms with Crippen LogP contribution in [0.5, 0.6) is 17.2 Å². The summed E-state index contributed by atoms with van der Waals surface area (Å²) < 4.78 is 23.9. The third-order valence-corrected chi connectivity index (χ3v) is 6.98. The molecular weight excluding hydrogens is 382 g/mol. The van der Waals surface area contributed by atoms with Crippen molar-refractivity contribution in [2.75, 3.05) is 20.3 Å². The van der Waals surface area contributed by atoms with Gasteiger partial charge in [-0.05, 0) is 43.4 Å². The monoisotopic (exact) mass is 417 g/mol. The molecule has 2 heterocycles. The molecule has 1 saturated heterocycles. The molecule has 30 heavy (non-hydrogen) atoms. The van der Waals surface area contributed by atoms with Gasteiger partial charge in [-0.2, -0.15) is 0 Å². The first-order valence-electron chi connectivity index (χ1n) is 11.3. The van der Waals surface area contributed by atoms with Crippen LogP contribution < -0.4 is 19.5 Å². The summed E-state index contributed by atoms with van der Waals surface area (Å²) >= 11 is 0. The topological polar surface area (TPSA) is 66.0 Å². The molecule has 1 aliphatic carbocycles. The fraction of sp³-hybridized carbons (Fsp3) is 0.708. The minimum Gasteiger partial charge on any atom is -0.493 e. The van der Waals surface area contributed by atoms with Gasteiger partial charge in [-0.3, -0.25) is 4.79 Å². The van der Waals surface area contributed by atoms with E-state index in [-0.39, 0.29) is 29.6 Å². The molecule has 1 N–H and O–H groups in total. The SMILES string of the molecule is COc1cc([C@H]2C[C@@](C)(NC(=O)C(C)C)[C@@H]3CC[C@@H](C)C[C@H]3O2)cc2c1OCCO2. The van der Waals surface area contributed by atoms with Crippen molar-refractivity contribution < 1.29 is 23.7 Å². The molecule has 2 fully saturated rings. The van der Waals surface area contributed by atoms with Crippen molar-refractivity contribution >= 4 is 5.91 Å². The highest BCUT2D eigenvalue weighted by Gasteiger charge is 2.49. The molecule has 2 aliphatic heterocycles. The Morgan fingerprint density at radius 1 is 1.23 bits per heavy atom. The highest BCUT2D eigenvalue weighted by Crippen LogP contribution is 2.50. The quantitative estimate of drug-likeness (QED) is 0.793. The predicted molar refractivity (Wildman–Crippen MR) is 114 cm³/mol. The van der Waals surface area contributed by atoms with Crippen LogP contribution in [0.3, 0.4) is 0 Å². The van der Waals surface area contributed by atoms with E-state index in [9.17, 15) is 4.79 Å². The number of methoxy groups -OCH3 is 1. The predicted octanol–water partition coefficient (Wildman–Crippen LogP) is 4.26. The van der Waals surface area contributed by atoms with Gasteiger partial charge in [-0.1, -0.05) is 27.2 Å². The maximum Gasteiger partial charge on any atom is 0.222 e. The molecule has 0 aromatic heterocycles. The van der Waals surface area contributed by atoms with E-state index in [1.807, 2.05) is 26.0 Å². The van der Waals surface area contributed by atoms with Gasteiger partial charge < -0.3 is 24.3 Å². The zero-order valence-electron chi connectivity index (χ0n) is 18.8. The van der Waals surface area contributed by atoms with Gasteiger partial charge in [0.25, 0.3) is 0 Å². The Kier molecular flexibility index (Phi) is 5.88. The van der Waals surface area contributed by atoms with Crippen LogP contribution in [0.4, 0.5) is 0 Å². The maximum atomic E-state index is 12.7. The molecule has 1 aromatic rings. The van der Waals surface area contributed by atoms with Gasteiger partial charge in [0.05, 0.1) is 19.3 Å². The summed E-state index contributed by atoms with van der Waals surface area (Å²) in [7, 11) is 1.64. The van der Waals surface area contributed by atoms with Crippen LogP contribution in [0.25, 0.3) is 0 Å². The summed E-state index contributed by atoms with van der Waals surface area (Å²) in [5.74, 6) is 3.04. The molecule has 0 bridgehead atoms. The molecule has 4 rings (SSSR count). The van der Waals surface area contributed by atoms with Gasteiger partial charge in [-0.25, -0.2) is 0 Å².